The van der Waals surface area contributed by atoms with Crippen molar-refractivity contribution < 1.29 is 5.11 Å². The van der Waals surface area contributed by atoms with Gasteiger partial charge in [-0.15, -0.1) is 0 Å². The van der Waals surface area contributed by atoms with Crippen LogP contribution in [0, 0.1) is 0 Å². The molecule has 0 atom stereocenters. The molecule has 0 amide bonds. The van der Waals surface area contributed by atoms with Crippen LogP contribution in [-0.4, -0.2) is 40.5 Å². The van der Waals surface area contributed by atoms with E-state index in [1.165, 1.54) is 11.8 Å². The molecule has 96 valence electrons. The lowest BCUT2D eigenvalue weighted by Gasteiger charge is -2.27. The van der Waals surface area contributed by atoms with Gasteiger partial charge in [0.05, 0.1) is 6.61 Å². The average molecular weight is 257 g/mol. The largest absolute Gasteiger partial charge is 0.395 e. The summed E-state index contributed by atoms with van der Waals surface area (Å²) in [5.41, 5.74) is 2.52. The Hall–Kier alpha value is -1.05. The molecule has 0 spiro atoms. The standard InChI is InChI=1S/C10H19N5OS/c1-7(2)15(4-5-16)9-6-8(14-11)12-10(13-9)17-3/h6-7,16H,4-5,11H2,1-3H3,(H,12,13,14). The summed E-state index contributed by atoms with van der Waals surface area (Å²) in [7, 11) is 0. The van der Waals surface area contributed by atoms with Crippen LogP contribution in [0.2, 0.25) is 0 Å². The highest BCUT2D eigenvalue weighted by atomic mass is 32.2. The molecule has 0 aliphatic carbocycles. The zero-order chi connectivity index (χ0) is 12.8. The van der Waals surface area contributed by atoms with Crippen LogP contribution in [0.15, 0.2) is 11.2 Å². The Morgan fingerprint density at radius 1 is 1.53 bits per heavy atom. The summed E-state index contributed by atoms with van der Waals surface area (Å²) in [6.07, 6.45) is 1.91. The van der Waals surface area contributed by atoms with E-state index in [9.17, 15) is 0 Å². The third kappa shape index (κ3) is 3.72. The fourth-order valence-corrected chi connectivity index (χ4v) is 1.84. The molecule has 7 heteroatoms. The van der Waals surface area contributed by atoms with E-state index < -0.39 is 0 Å². The summed E-state index contributed by atoms with van der Waals surface area (Å²) in [4.78, 5) is 10.6. The highest BCUT2D eigenvalue weighted by molar-refractivity contribution is 7.98. The van der Waals surface area contributed by atoms with Crippen LogP contribution < -0.4 is 16.2 Å². The summed E-state index contributed by atoms with van der Waals surface area (Å²) >= 11 is 1.45. The van der Waals surface area contributed by atoms with E-state index in [1.54, 1.807) is 6.07 Å². The number of aliphatic hydroxyl groups is 1. The number of thioether (sulfide) groups is 1. The highest BCUT2D eigenvalue weighted by Gasteiger charge is 2.13. The highest BCUT2D eigenvalue weighted by Crippen LogP contribution is 2.21. The van der Waals surface area contributed by atoms with Gasteiger partial charge in [-0.3, -0.25) is 0 Å². The number of nitrogen functional groups attached to an aromatic ring is 1. The quantitative estimate of drug-likeness (QED) is 0.299. The predicted octanol–water partition coefficient (Wildman–Crippen LogP) is 0.691. The van der Waals surface area contributed by atoms with Gasteiger partial charge in [0.2, 0.25) is 0 Å². The third-order valence-corrected chi connectivity index (χ3v) is 2.83. The molecule has 1 aromatic heterocycles. The van der Waals surface area contributed by atoms with Crippen molar-refractivity contribution in [3.8, 4) is 0 Å². The van der Waals surface area contributed by atoms with Gasteiger partial charge in [0.1, 0.15) is 11.6 Å². The van der Waals surface area contributed by atoms with Crippen LogP contribution >= 0.6 is 11.8 Å². The van der Waals surface area contributed by atoms with Crippen molar-refractivity contribution in [2.24, 2.45) is 5.84 Å². The molecule has 1 heterocycles. The topological polar surface area (TPSA) is 87.3 Å². The minimum Gasteiger partial charge on any atom is -0.395 e. The van der Waals surface area contributed by atoms with E-state index in [4.69, 9.17) is 10.9 Å². The Morgan fingerprint density at radius 2 is 2.24 bits per heavy atom. The lowest BCUT2D eigenvalue weighted by atomic mass is 10.3. The fraction of sp³-hybridized carbons (Fsp3) is 0.600. The van der Waals surface area contributed by atoms with Gasteiger partial charge < -0.3 is 15.4 Å². The first kappa shape index (κ1) is 14.0. The van der Waals surface area contributed by atoms with Crippen molar-refractivity contribution >= 4 is 23.4 Å². The Labute approximate surface area is 106 Å². The fourth-order valence-electron chi connectivity index (χ4n) is 1.47. The molecule has 4 N–H and O–H groups in total. The molecule has 0 unspecified atom stereocenters. The summed E-state index contributed by atoms with van der Waals surface area (Å²) in [5.74, 6) is 6.71. The lowest BCUT2D eigenvalue weighted by molar-refractivity contribution is 0.298. The first-order chi connectivity index (χ1) is 8.12. The molecule has 6 nitrogen and oxygen atoms in total. The lowest BCUT2D eigenvalue weighted by Crippen LogP contribution is -2.34. The molecule has 17 heavy (non-hydrogen) atoms. The monoisotopic (exact) mass is 257 g/mol. The Kier molecular flexibility index (Phi) is 5.46. The van der Waals surface area contributed by atoms with Crippen LogP contribution in [0.4, 0.5) is 11.6 Å². The van der Waals surface area contributed by atoms with Gasteiger partial charge in [0.25, 0.3) is 0 Å². The van der Waals surface area contributed by atoms with E-state index >= 15 is 0 Å². The molecule has 0 aliphatic rings. The first-order valence-corrected chi connectivity index (χ1v) is 6.62. The first-order valence-electron chi connectivity index (χ1n) is 5.39. The second-order valence-corrected chi connectivity index (χ2v) is 4.53. The van der Waals surface area contributed by atoms with Crippen LogP contribution in [0.3, 0.4) is 0 Å². The van der Waals surface area contributed by atoms with Crippen LogP contribution in [0.25, 0.3) is 0 Å². The second-order valence-electron chi connectivity index (χ2n) is 3.75. The maximum atomic E-state index is 9.07. The Balaban J connectivity index is 3.08. The molecule has 0 aromatic carbocycles. The van der Waals surface area contributed by atoms with Crippen LogP contribution in [-0.2, 0) is 0 Å². The second kappa shape index (κ2) is 6.63. The van der Waals surface area contributed by atoms with E-state index in [0.29, 0.717) is 17.5 Å². The zero-order valence-electron chi connectivity index (χ0n) is 10.3. The van der Waals surface area contributed by atoms with Crippen molar-refractivity contribution in [2.45, 2.75) is 25.0 Å². The average Bonchev–Trinajstić information content (AvgIpc) is 2.34. The molecular formula is C10H19N5OS. The number of hydrazine groups is 1. The number of nitrogens with two attached hydrogens (primary N) is 1. The number of nitrogens with one attached hydrogen (secondary N) is 1. The molecule has 0 radical (unpaired) electrons. The minimum atomic E-state index is 0.0855. The molecule has 0 aliphatic heterocycles. The van der Waals surface area contributed by atoms with Crippen LogP contribution in [0.5, 0.6) is 0 Å². The van der Waals surface area contributed by atoms with Crippen molar-refractivity contribution in [1.29, 1.82) is 0 Å². The smallest absolute Gasteiger partial charge is 0.191 e. The number of hydrogen-bond acceptors (Lipinski definition) is 7. The number of aromatic nitrogens is 2. The number of hydrogen-bond donors (Lipinski definition) is 3. The van der Waals surface area contributed by atoms with Gasteiger partial charge >= 0.3 is 0 Å². The van der Waals surface area contributed by atoms with Crippen LogP contribution in [0.1, 0.15) is 13.8 Å². The van der Waals surface area contributed by atoms with Gasteiger partial charge in [-0.2, -0.15) is 0 Å². The van der Waals surface area contributed by atoms with Gasteiger partial charge in [-0.25, -0.2) is 15.8 Å². The van der Waals surface area contributed by atoms with Crippen molar-refractivity contribution in [2.75, 3.05) is 29.7 Å². The van der Waals surface area contributed by atoms with Crippen molar-refractivity contribution in [3.63, 3.8) is 0 Å². The number of rotatable bonds is 6. The molecule has 1 rings (SSSR count). The predicted molar refractivity (Wildman–Crippen MR) is 71.2 cm³/mol. The summed E-state index contributed by atoms with van der Waals surface area (Å²) in [6.45, 7) is 4.72. The molecular weight excluding hydrogens is 238 g/mol. The number of anilines is 2. The van der Waals surface area contributed by atoms with E-state index in [-0.39, 0.29) is 12.6 Å². The van der Waals surface area contributed by atoms with Gasteiger partial charge in [0, 0.05) is 18.7 Å². The Morgan fingerprint density at radius 3 is 2.71 bits per heavy atom. The van der Waals surface area contributed by atoms with Crippen molar-refractivity contribution in [3.05, 3.63) is 6.07 Å². The minimum absolute atomic E-state index is 0.0855. The van der Waals surface area contributed by atoms with Gasteiger partial charge in [-0.05, 0) is 20.1 Å². The molecule has 0 fully saturated rings. The van der Waals surface area contributed by atoms with Crippen molar-refractivity contribution in [1.82, 2.24) is 9.97 Å². The van der Waals surface area contributed by atoms with E-state index in [1.807, 2.05) is 25.0 Å². The number of aliphatic hydroxyl groups excluding tert-OH is 1. The van der Waals surface area contributed by atoms with E-state index in [2.05, 4.69) is 15.4 Å². The Bertz CT molecular complexity index is 338. The number of nitrogens with zero attached hydrogens (tertiary/aromatic N) is 3. The molecule has 0 saturated heterocycles. The summed E-state index contributed by atoms with van der Waals surface area (Å²) < 4.78 is 0. The molecule has 0 bridgehead atoms. The summed E-state index contributed by atoms with van der Waals surface area (Å²) in [5, 5.41) is 9.72. The summed E-state index contributed by atoms with van der Waals surface area (Å²) in [6, 6.07) is 2.02. The molecule has 0 saturated carbocycles. The normalized spacial score (nSPS) is 10.7. The molecule has 1 aromatic rings. The van der Waals surface area contributed by atoms with Gasteiger partial charge in [0.15, 0.2) is 5.16 Å². The SMILES string of the molecule is CSc1nc(NN)cc(N(CCO)C(C)C)n1. The maximum Gasteiger partial charge on any atom is 0.191 e. The zero-order valence-corrected chi connectivity index (χ0v) is 11.2. The van der Waals surface area contributed by atoms with E-state index in [0.717, 1.165) is 5.82 Å². The third-order valence-electron chi connectivity index (χ3n) is 2.28. The van der Waals surface area contributed by atoms with Gasteiger partial charge in [-0.1, -0.05) is 11.8 Å². The maximum absolute atomic E-state index is 9.07.